The summed E-state index contributed by atoms with van der Waals surface area (Å²) in [5.74, 6) is -3.33. The molecule has 81 heavy (non-hydrogen) atoms. The van der Waals surface area contributed by atoms with Crippen molar-refractivity contribution in [1.29, 1.82) is 0 Å². The molecule has 1 saturated heterocycles. The van der Waals surface area contributed by atoms with E-state index in [1.165, 1.54) is 0 Å². The maximum Gasteiger partial charge on any atom is 0.335 e. The molecule has 3 N–H and O–H groups in total. The van der Waals surface area contributed by atoms with Gasteiger partial charge in [0.2, 0.25) is 0 Å². The number of hydrogen-bond donors (Lipinski definition) is 3. The minimum Gasteiger partial charge on any atom is -0.479 e. The van der Waals surface area contributed by atoms with E-state index in [0.717, 1.165) is 122 Å². The van der Waals surface area contributed by atoms with Crippen LogP contribution in [0.3, 0.4) is 0 Å². The second-order valence-corrected chi connectivity index (χ2v) is 19.5. The lowest BCUT2D eigenvalue weighted by Crippen LogP contribution is -2.61. The van der Waals surface area contributed by atoms with Gasteiger partial charge in [-0.25, -0.2) is 4.79 Å². The van der Waals surface area contributed by atoms with E-state index in [1.54, 1.807) is 0 Å². The van der Waals surface area contributed by atoms with Gasteiger partial charge in [-0.3, -0.25) is 14.4 Å². The summed E-state index contributed by atoms with van der Waals surface area (Å²) in [6.45, 7) is 5.53. The molecule has 0 saturated carbocycles. The van der Waals surface area contributed by atoms with Gasteiger partial charge in [0.15, 0.2) is 24.6 Å². The Hall–Kier alpha value is -5.92. The van der Waals surface area contributed by atoms with Crippen molar-refractivity contribution in [1.82, 2.24) is 0 Å². The summed E-state index contributed by atoms with van der Waals surface area (Å²) >= 11 is 0. The van der Waals surface area contributed by atoms with Crippen molar-refractivity contribution in [2.75, 3.05) is 13.2 Å². The van der Waals surface area contributed by atoms with E-state index in [9.17, 15) is 34.5 Å². The van der Waals surface area contributed by atoms with Crippen LogP contribution in [0.4, 0.5) is 0 Å². The van der Waals surface area contributed by atoms with Crippen molar-refractivity contribution in [2.24, 2.45) is 0 Å². The van der Waals surface area contributed by atoms with E-state index >= 15 is 0 Å². The van der Waals surface area contributed by atoms with Crippen molar-refractivity contribution in [3.05, 3.63) is 170 Å². The van der Waals surface area contributed by atoms with Crippen molar-refractivity contribution in [2.45, 2.75) is 225 Å². The predicted molar refractivity (Wildman–Crippen MR) is 330 cm³/mol. The first-order chi connectivity index (χ1) is 39.6. The molecule has 1 aliphatic rings. The summed E-state index contributed by atoms with van der Waals surface area (Å²) in [6, 6.07) is 0. The molecule has 0 aromatic carbocycles. The molecule has 0 radical (unpaired) electrons. The van der Waals surface area contributed by atoms with Gasteiger partial charge in [-0.2, -0.15) is 0 Å². The molecule has 1 rings (SSSR count). The monoisotopic (exact) mass is 1120 g/mol. The number of carboxylic acids is 1. The van der Waals surface area contributed by atoms with Gasteiger partial charge in [-0.15, -0.1) is 0 Å². The van der Waals surface area contributed by atoms with Crippen molar-refractivity contribution < 1.29 is 58.2 Å². The molecule has 1 fully saturated rings. The van der Waals surface area contributed by atoms with E-state index < -0.39 is 67.3 Å². The van der Waals surface area contributed by atoms with Crippen LogP contribution in [0, 0.1) is 0 Å². The van der Waals surface area contributed by atoms with Crippen molar-refractivity contribution >= 4 is 23.9 Å². The summed E-state index contributed by atoms with van der Waals surface area (Å²) in [6.07, 6.45) is 69.0. The zero-order valence-corrected chi connectivity index (χ0v) is 49.4. The number of allylic oxidation sites excluding steroid dienone is 28. The largest absolute Gasteiger partial charge is 0.479 e. The first kappa shape index (κ1) is 73.1. The molecule has 450 valence electrons. The van der Waals surface area contributed by atoms with E-state index in [2.05, 4.69) is 179 Å². The number of aliphatic hydroxyl groups is 2. The van der Waals surface area contributed by atoms with Crippen LogP contribution in [-0.4, -0.2) is 89.2 Å². The van der Waals surface area contributed by atoms with E-state index in [1.807, 2.05) is 12.2 Å². The van der Waals surface area contributed by atoms with Crippen LogP contribution in [0.1, 0.15) is 188 Å². The Morgan fingerprint density at radius 1 is 0.407 bits per heavy atom. The Morgan fingerprint density at radius 2 is 0.753 bits per heavy atom. The van der Waals surface area contributed by atoms with Gasteiger partial charge < -0.3 is 39.0 Å². The van der Waals surface area contributed by atoms with Crippen LogP contribution in [0.15, 0.2) is 170 Å². The number of ether oxygens (including phenoxy) is 5. The highest BCUT2D eigenvalue weighted by Crippen LogP contribution is 2.26. The number of carbonyl (C=O) groups is 4. The number of carboxylic acid groups (broad SMARTS) is 1. The molecule has 0 amide bonds. The summed E-state index contributed by atoms with van der Waals surface area (Å²) in [5, 5.41) is 31.5. The summed E-state index contributed by atoms with van der Waals surface area (Å²) in [5.41, 5.74) is 0. The van der Waals surface area contributed by atoms with Gasteiger partial charge in [-0.1, -0.05) is 197 Å². The zero-order valence-electron chi connectivity index (χ0n) is 49.4. The highest BCUT2D eigenvalue weighted by atomic mass is 16.7. The molecular weight excluding hydrogens is 1020 g/mol. The van der Waals surface area contributed by atoms with Crippen LogP contribution in [0.25, 0.3) is 0 Å². The smallest absolute Gasteiger partial charge is 0.335 e. The van der Waals surface area contributed by atoms with Crippen LogP contribution < -0.4 is 0 Å². The van der Waals surface area contributed by atoms with Crippen molar-refractivity contribution in [3.63, 3.8) is 0 Å². The molecule has 0 spiro atoms. The molecule has 12 nitrogen and oxygen atoms in total. The Labute approximate surface area is 487 Å². The highest BCUT2D eigenvalue weighted by molar-refractivity contribution is 5.74. The van der Waals surface area contributed by atoms with Crippen LogP contribution in [-0.2, 0) is 42.9 Å². The zero-order chi connectivity index (χ0) is 58.9. The molecule has 12 heteroatoms. The molecule has 1 heterocycles. The van der Waals surface area contributed by atoms with E-state index in [4.69, 9.17) is 23.7 Å². The van der Waals surface area contributed by atoms with Gasteiger partial charge in [0.25, 0.3) is 0 Å². The van der Waals surface area contributed by atoms with Gasteiger partial charge >= 0.3 is 23.9 Å². The third kappa shape index (κ3) is 44.4. The van der Waals surface area contributed by atoms with Crippen molar-refractivity contribution in [3.8, 4) is 0 Å². The quantitative estimate of drug-likeness (QED) is 0.0228. The highest BCUT2D eigenvalue weighted by Gasteiger charge is 2.50. The average Bonchev–Trinajstić information content (AvgIpc) is 3.54. The maximum atomic E-state index is 13.1. The fourth-order valence-electron chi connectivity index (χ4n) is 7.77. The average molecular weight is 1120 g/mol. The molecule has 0 aliphatic carbocycles. The lowest BCUT2D eigenvalue weighted by Gasteiger charge is -2.40. The number of rotatable bonds is 48. The summed E-state index contributed by atoms with van der Waals surface area (Å²) in [7, 11) is 0. The lowest BCUT2D eigenvalue weighted by atomic mass is 9.98. The third-order valence-corrected chi connectivity index (χ3v) is 12.3. The lowest BCUT2D eigenvalue weighted by molar-refractivity contribution is -0.301. The maximum absolute atomic E-state index is 13.1. The molecule has 1 aliphatic heterocycles. The topological polar surface area (TPSA) is 175 Å². The van der Waals surface area contributed by atoms with Crippen LogP contribution in [0.2, 0.25) is 0 Å². The summed E-state index contributed by atoms with van der Waals surface area (Å²) in [4.78, 5) is 51.2. The normalized spacial score (nSPS) is 19.0. The van der Waals surface area contributed by atoms with Gasteiger partial charge in [0.05, 0.1) is 6.61 Å². The predicted octanol–water partition coefficient (Wildman–Crippen LogP) is 15.9. The van der Waals surface area contributed by atoms with Gasteiger partial charge in [0, 0.05) is 19.3 Å². The first-order valence-electron chi connectivity index (χ1n) is 30.1. The van der Waals surface area contributed by atoms with E-state index in [0.29, 0.717) is 25.7 Å². The molecule has 6 atom stereocenters. The number of carbonyl (C=O) groups excluding carboxylic acids is 3. The SMILES string of the molecule is CC/C=C\C/C=C\C/C=C\C/C=C\C/C=C\CCCCCC(=O)OC1C(OCC(COC(=O)CCC/C=C\C/C=C\C/C=C\C/C=C\C/C=C\CC)OC(=O)CCCC/C=C\C/C=C\C/C=C\C/C=C\CC)OC(C(=O)O)C(O)C1O. The third-order valence-electron chi connectivity index (χ3n) is 12.3. The fraction of sp³-hybridized carbons (Fsp3) is 0.536. The standard InChI is InChI=1S/C69H102O12/c1-4-7-10-13-16-19-22-25-28-30-31-33-36-39-42-45-48-51-54-57-63(72)80-67-65(74)64(73)66(68(75)76)81-69(67)78-59-60(79-62(71)56-53-50-47-44-41-38-34-27-24-21-18-15-12-9-6-3)58-77-61(70)55-52-49-46-43-40-37-35-32-29-26-23-20-17-14-11-8-5-2/h7-12,16-21,25-29,31,33-35,37,39,41-44,46,60,64-67,69,73-74H,4-6,13-15,22-24,30,32,36,38,40,45,47-59H2,1-3H3,(H,75,76)/b10-7-,11-8-,12-9-,19-16-,20-17-,21-18-,28-25-,29-26-,33-31-,34-27-,37-35-,42-39-,44-41-,46-43-. The molecule has 0 bridgehead atoms. The first-order valence-corrected chi connectivity index (χ1v) is 30.1. The molecule has 0 aromatic heterocycles. The minimum absolute atomic E-state index is 0.000384. The number of esters is 3. The van der Waals surface area contributed by atoms with E-state index in [-0.39, 0.29) is 25.9 Å². The fourth-order valence-corrected chi connectivity index (χ4v) is 7.77. The Bertz CT molecular complexity index is 2060. The number of aliphatic carboxylic acids is 1. The minimum atomic E-state index is -1.94. The van der Waals surface area contributed by atoms with Crippen LogP contribution in [0.5, 0.6) is 0 Å². The Kier molecular flexibility index (Phi) is 49.3. The molecule has 6 unspecified atom stereocenters. The number of unbranched alkanes of at least 4 members (excludes halogenated alkanes) is 6. The van der Waals surface area contributed by atoms with Gasteiger partial charge in [-0.05, 0) is 141 Å². The summed E-state index contributed by atoms with van der Waals surface area (Å²) < 4.78 is 28.3. The molecular formula is C69H102O12. The number of hydrogen-bond acceptors (Lipinski definition) is 11. The second kappa shape index (κ2) is 54.7. The van der Waals surface area contributed by atoms with Gasteiger partial charge in [0.1, 0.15) is 18.8 Å². The van der Waals surface area contributed by atoms with Crippen LogP contribution >= 0.6 is 0 Å². The second-order valence-electron chi connectivity index (χ2n) is 19.5. The Balaban J connectivity index is 2.78. The number of aliphatic hydroxyl groups excluding tert-OH is 2. The Morgan fingerprint density at radius 3 is 1.16 bits per heavy atom. The molecule has 0 aromatic rings.